The number of hydrazone groups is 1. The van der Waals surface area contributed by atoms with Crippen molar-refractivity contribution in [1.29, 1.82) is 0 Å². The van der Waals surface area contributed by atoms with Gasteiger partial charge in [0, 0.05) is 19.5 Å². The van der Waals surface area contributed by atoms with Crippen LogP contribution in [0.15, 0.2) is 53.6 Å². The molecule has 1 unspecified atom stereocenters. The van der Waals surface area contributed by atoms with Gasteiger partial charge in [-0.05, 0) is 49.5 Å². The number of nitrogens with two attached hydrogens (primary N) is 1. The molecule has 0 saturated heterocycles. The number of fused-ring (bicyclic) bond motifs is 1. The van der Waals surface area contributed by atoms with Crippen LogP contribution >= 0.6 is 0 Å². The number of nitrogens with one attached hydrogen (secondary N) is 1. The summed E-state index contributed by atoms with van der Waals surface area (Å²) >= 11 is 0. The molecule has 2 heterocycles. The highest BCUT2D eigenvalue weighted by Crippen LogP contribution is 2.26. The molecule has 10 heteroatoms. The highest BCUT2D eigenvalue weighted by atomic mass is 19.1. The van der Waals surface area contributed by atoms with Crippen LogP contribution in [0.25, 0.3) is 11.0 Å². The van der Waals surface area contributed by atoms with E-state index in [-0.39, 0.29) is 12.1 Å². The molecule has 1 aliphatic heterocycles. The second-order valence-electron chi connectivity index (χ2n) is 8.05. The predicted octanol–water partition coefficient (Wildman–Crippen LogP) is 2.58. The van der Waals surface area contributed by atoms with Crippen molar-refractivity contribution in [3.63, 3.8) is 0 Å². The molecule has 4 rings (SSSR count). The summed E-state index contributed by atoms with van der Waals surface area (Å²) in [4.78, 5) is 32.1. The Kier molecular flexibility index (Phi) is 6.87. The van der Waals surface area contributed by atoms with Crippen molar-refractivity contribution in [3.05, 3.63) is 54.3 Å². The molecule has 0 radical (unpaired) electrons. The minimum Gasteiger partial charge on any atom is -0.368 e. The highest BCUT2D eigenvalue weighted by molar-refractivity contribution is 6.44. The van der Waals surface area contributed by atoms with Gasteiger partial charge in [-0.15, -0.1) is 0 Å². The number of anilines is 2. The quantitative estimate of drug-likeness (QED) is 0.505. The molecule has 3 N–H and O–H groups in total. The molecule has 1 aliphatic rings. The summed E-state index contributed by atoms with van der Waals surface area (Å²) in [7, 11) is 0. The third-order valence-electron chi connectivity index (χ3n) is 6.01. The number of nitrogens with zero attached hydrogens (tertiary/aromatic N) is 5. The van der Waals surface area contributed by atoms with Crippen LogP contribution in [0.2, 0.25) is 0 Å². The van der Waals surface area contributed by atoms with Crippen molar-refractivity contribution in [1.82, 2.24) is 14.5 Å². The van der Waals surface area contributed by atoms with Gasteiger partial charge in [-0.2, -0.15) is 5.10 Å². The number of hydrogen-bond acceptors (Lipinski definition) is 6. The van der Waals surface area contributed by atoms with Gasteiger partial charge >= 0.3 is 0 Å². The van der Waals surface area contributed by atoms with Crippen molar-refractivity contribution in [3.8, 4) is 0 Å². The molecule has 1 aromatic heterocycles. The minimum atomic E-state index is -0.840. The molecule has 0 spiro atoms. The van der Waals surface area contributed by atoms with Crippen molar-refractivity contribution in [2.45, 2.75) is 32.9 Å². The largest absolute Gasteiger partial charge is 0.368 e. The first-order valence-corrected chi connectivity index (χ1v) is 11.3. The molecule has 2 aromatic carbocycles. The third kappa shape index (κ3) is 4.76. The van der Waals surface area contributed by atoms with Crippen LogP contribution in [-0.4, -0.2) is 57.7 Å². The van der Waals surface area contributed by atoms with Crippen LogP contribution in [0.4, 0.5) is 16.0 Å². The van der Waals surface area contributed by atoms with Gasteiger partial charge in [-0.1, -0.05) is 26.0 Å². The van der Waals surface area contributed by atoms with Crippen LogP contribution in [0.5, 0.6) is 0 Å². The Morgan fingerprint density at radius 2 is 1.85 bits per heavy atom. The third-order valence-corrected chi connectivity index (χ3v) is 6.01. The lowest BCUT2D eigenvalue weighted by molar-refractivity contribution is -0.119. The molecule has 1 atom stereocenters. The fourth-order valence-electron chi connectivity index (χ4n) is 4.05. The monoisotopic (exact) mass is 465 g/mol. The van der Waals surface area contributed by atoms with E-state index in [9.17, 15) is 14.0 Å². The number of likely N-dealkylation sites (N-methyl/N-ethyl adjacent to an activating group) is 1. The molecule has 0 bridgehead atoms. The Morgan fingerprint density at radius 1 is 1.15 bits per heavy atom. The number of halogens is 1. The van der Waals surface area contributed by atoms with Crippen LogP contribution in [-0.2, 0) is 16.1 Å². The van der Waals surface area contributed by atoms with E-state index < -0.39 is 23.7 Å². The number of aromatic nitrogens is 2. The van der Waals surface area contributed by atoms with Crippen LogP contribution < -0.4 is 16.1 Å². The molecule has 34 heavy (non-hydrogen) atoms. The van der Waals surface area contributed by atoms with Crippen molar-refractivity contribution < 1.29 is 14.0 Å². The van der Waals surface area contributed by atoms with Gasteiger partial charge in [-0.3, -0.25) is 19.9 Å². The van der Waals surface area contributed by atoms with Gasteiger partial charge in [0.25, 0.3) is 5.91 Å². The zero-order valence-corrected chi connectivity index (χ0v) is 19.2. The minimum absolute atomic E-state index is 0.0399. The Bertz CT molecular complexity index is 1220. The first kappa shape index (κ1) is 23.4. The van der Waals surface area contributed by atoms with E-state index in [1.807, 2.05) is 28.8 Å². The molecular formula is C24H28FN7O2. The van der Waals surface area contributed by atoms with Crippen molar-refractivity contribution >= 4 is 40.2 Å². The standard InChI is InChI=1S/C24H28FN7O2/c1-3-30(4-2)13-14-31-20-8-6-5-7-18(20)27-24(31)28-23(34)19-15-21(22(26)33)32(29-19)17-11-9-16(25)10-12-17/h5-12,21H,3-4,13-15H2,1-2H3,(H2,26,33)(H,27,28,34). The smallest absolute Gasteiger partial charge is 0.274 e. The van der Waals surface area contributed by atoms with E-state index in [1.165, 1.54) is 29.3 Å². The number of hydrogen-bond donors (Lipinski definition) is 2. The molecule has 0 saturated carbocycles. The average Bonchev–Trinajstić information content (AvgIpc) is 3.43. The second-order valence-corrected chi connectivity index (χ2v) is 8.05. The zero-order chi connectivity index (χ0) is 24.2. The molecule has 9 nitrogen and oxygen atoms in total. The Balaban J connectivity index is 1.60. The summed E-state index contributed by atoms with van der Waals surface area (Å²) in [6.07, 6.45) is 0.0399. The van der Waals surface area contributed by atoms with E-state index in [0.717, 1.165) is 30.7 Å². The normalized spacial score (nSPS) is 15.7. The fraction of sp³-hybridized carbons (Fsp3) is 0.333. The van der Waals surface area contributed by atoms with Gasteiger partial charge in [0.15, 0.2) is 0 Å². The number of rotatable bonds is 9. The number of para-hydroxylation sites is 2. The number of amides is 2. The number of carbonyl (C=O) groups is 2. The SMILES string of the molecule is CCN(CC)CCn1c(NC(=O)C2=NN(c3ccc(F)cc3)C(C(N)=O)C2)nc2ccccc21. The first-order chi connectivity index (χ1) is 16.4. The number of primary amides is 1. The molecule has 178 valence electrons. The Hall–Kier alpha value is -3.79. The van der Waals surface area contributed by atoms with Crippen LogP contribution in [0.1, 0.15) is 20.3 Å². The summed E-state index contributed by atoms with van der Waals surface area (Å²) in [6.45, 7) is 7.52. The number of benzene rings is 2. The van der Waals surface area contributed by atoms with Gasteiger partial charge < -0.3 is 15.2 Å². The molecule has 0 fully saturated rings. The number of imidazole rings is 1. The van der Waals surface area contributed by atoms with Crippen LogP contribution in [0, 0.1) is 5.82 Å². The van der Waals surface area contributed by atoms with Gasteiger partial charge in [0.05, 0.1) is 16.7 Å². The lowest BCUT2D eigenvalue weighted by Gasteiger charge is -2.20. The second kappa shape index (κ2) is 10.0. The summed E-state index contributed by atoms with van der Waals surface area (Å²) in [5, 5.41) is 8.57. The fourth-order valence-corrected chi connectivity index (χ4v) is 4.05. The van der Waals surface area contributed by atoms with Gasteiger partial charge in [0.2, 0.25) is 11.9 Å². The average molecular weight is 466 g/mol. The van der Waals surface area contributed by atoms with Crippen molar-refractivity contribution in [2.75, 3.05) is 30.0 Å². The summed E-state index contributed by atoms with van der Waals surface area (Å²) in [5.74, 6) is -1.08. The first-order valence-electron chi connectivity index (χ1n) is 11.3. The maximum Gasteiger partial charge on any atom is 0.274 e. The van der Waals surface area contributed by atoms with Gasteiger partial charge in [0.1, 0.15) is 17.6 Å². The lowest BCUT2D eigenvalue weighted by atomic mass is 10.1. The van der Waals surface area contributed by atoms with E-state index in [1.54, 1.807) is 0 Å². The van der Waals surface area contributed by atoms with E-state index in [2.05, 4.69) is 34.1 Å². The maximum atomic E-state index is 13.3. The van der Waals surface area contributed by atoms with E-state index >= 15 is 0 Å². The molecule has 3 aromatic rings. The predicted molar refractivity (Wildman–Crippen MR) is 130 cm³/mol. The Morgan fingerprint density at radius 3 is 2.53 bits per heavy atom. The molecule has 0 aliphatic carbocycles. The van der Waals surface area contributed by atoms with Gasteiger partial charge in [-0.25, -0.2) is 9.37 Å². The highest BCUT2D eigenvalue weighted by Gasteiger charge is 2.35. The topological polar surface area (TPSA) is 109 Å². The van der Waals surface area contributed by atoms with Crippen molar-refractivity contribution in [2.24, 2.45) is 10.8 Å². The van der Waals surface area contributed by atoms with E-state index in [0.29, 0.717) is 18.2 Å². The lowest BCUT2D eigenvalue weighted by Crippen LogP contribution is -2.39. The summed E-state index contributed by atoms with van der Waals surface area (Å²) in [6, 6.07) is 12.4. The summed E-state index contributed by atoms with van der Waals surface area (Å²) < 4.78 is 15.3. The Labute approximate surface area is 197 Å². The summed E-state index contributed by atoms with van der Waals surface area (Å²) in [5.41, 5.74) is 7.87. The molecule has 2 amide bonds. The number of carbonyl (C=O) groups excluding carboxylic acids is 2. The van der Waals surface area contributed by atoms with Crippen LogP contribution in [0.3, 0.4) is 0 Å². The molecular weight excluding hydrogens is 437 g/mol. The maximum absolute atomic E-state index is 13.3. The zero-order valence-electron chi connectivity index (χ0n) is 19.2. The van der Waals surface area contributed by atoms with E-state index in [4.69, 9.17) is 5.73 Å².